The molecule has 0 aliphatic carbocycles. The molecule has 0 aromatic carbocycles. The molecule has 2 aromatic heterocycles. The normalized spacial score (nSPS) is 12.3. The van der Waals surface area contributed by atoms with Crippen molar-refractivity contribution < 1.29 is 9.53 Å². The summed E-state index contributed by atoms with van der Waals surface area (Å²) in [6.07, 6.45) is 2.91. The summed E-state index contributed by atoms with van der Waals surface area (Å²) in [5.41, 5.74) is 0.690. The zero-order valence-corrected chi connectivity index (χ0v) is 20.1. The van der Waals surface area contributed by atoms with Crippen LogP contribution in [0, 0.1) is 6.92 Å². The second-order valence-electron chi connectivity index (χ2n) is 5.55. The SMILES string of the molecule is CCOC(=O)c1sc(C(C)NC(=NC)NCc2ncc(CC)s2)nc1C.I. The van der Waals surface area contributed by atoms with Gasteiger partial charge in [0.05, 0.1) is 24.9 Å². The number of nitrogens with one attached hydrogen (secondary N) is 2. The van der Waals surface area contributed by atoms with Crippen LogP contribution < -0.4 is 10.6 Å². The summed E-state index contributed by atoms with van der Waals surface area (Å²) in [6.45, 7) is 8.68. The molecule has 1 unspecified atom stereocenters. The number of carbonyl (C=O) groups is 1. The van der Waals surface area contributed by atoms with E-state index in [2.05, 4.69) is 32.5 Å². The first kappa shape index (κ1) is 23.8. The number of hydrogen-bond acceptors (Lipinski definition) is 7. The van der Waals surface area contributed by atoms with Crippen molar-refractivity contribution in [1.82, 2.24) is 20.6 Å². The van der Waals surface area contributed by atoms with Gasteiger partial charge in [0.25, 0.3) is 0 Å². The number of hydrogen-bond donors (Lipinski definition) is 2. The highest BCUT2D eigenvalue weighted by molar-refractivity contribution is 14.0. The first-order chi connectivity index (χ1) is 12.5. The molecule has 0 saturated carbocycles. The first-order valence-corrected chi connectivity index (χ1v) is 10.2. The highest BCUT2D eigenvalue weighted by Gasteiger charge is 2.20. The fourth-order valence-corrected chi connectivity index (χ4v) is 3.97. The number of carbonyl (C=O) groups excluding carboxylic acids is 1. The Morgan fingerprint density at radius 3 is 2.70 bits per heavy atom. The number of ether oxygens (including phenoxy) is 1. The van der Waals surface area contributed by atoms with Crippen molar-refractivity contribution in [3.8, 4) is 0 Å². The number of aromatic nitrogens is 2. The van der Waals surface area contributed by atoms with E-state index < -0.39 is 0 Å². The van der Waals surface area contributed by atoms with Crippen LogP contribution in [0.4, 0.5) is 0 Å². The fraction of sp³-hybridized carbons (Fsp3) is 0.529. The molecule has 2 heterocycles. The summed E-state index contributed by atoms with van der Waals surface area (Å²) in [5.74, 6) is 0.343. The first-order valence-electron chi connectivity index (χ1n) is 8.53. The van der Waals surface area contributed by atoms with E-state index in [1.165, 1.54) is 16.2 Å². The number of rotatable bonds is 7. The second kappa shape index (κ2) is 11.5. The van der Waals surface area contributed by atoms with E-state index in [9.17, 15) is 4.79 Å². The molecule has 27 heavy (non-hydrogen) atoms. The third-order valence-electron chi connectivity index (χ3n) is 3.58. The number of aryl methyl sites for hydroxylation is 2. The lowest BCUT2D eigenvalue weighted by atomic mass is 10.3. The van der Waals surface area contributed by atoms with Crippen LogP contribution in [0.25, 0.3) is 0 Å². The van der Waals surface area contributed by atoms with Crippen molar-refractivity contribution in [1.29, 1.82) is 0 Å². The van der Waals surface area contributed by atoms with Gasteiger partial charge in [-0.15, -0.1) is 46.7 Å². The van der Waals surface area contributed by atoms with Crippen molar-refractivity contribution in [3.63, 3.8) is 0 Å². The van der Waals surface area contributed by atoms with E-state index >= 15 is 0 Å². The molecule has 2 N–H and O–H groups in total. The molecular weight excluding hydrogens is 497 g/mol. The maximum atomic E-state index is 12.0. The topological polar surface area (TPSA) is 88.5 Å². The fourth-order valence-electron chi connectivity index (χ4n) is 2.20. The molecule has 0 amide bonds. The number of halogens is 1. The molecule has 0 aliphatic rings. The van der Waals surface area contributed by atoms with E-state index in [1.807, 2.05) is 20.0 Å². The van der Waals surface area contributed by atoms with E-state index in [0.29, 0.717) is 29.7 Å². The van der Waals surface area contributed by atoms with Gasteiger partial charge >= 0.3 is 5.97 Å². The van der Waals surface area contributed by atoms with E-state index in [-0.39, 0.29) is 36.0 Å². The van der Waals surface area contributed by atoms with Crippen LogP contribution in [0.15, 0.2) is 11.2 Å². The third kappa shape index (κ3) is 6.68. The Labute approximate surface area is 185 Å². The third-order valence-corrected chi connectivity index (χ3v) is 6.04. The molecule has 2 rings (SSSR count). The second-order valence-corrected chi connectivity index (χ2v) is 7.78. The molecular formula is C17H26IN5O2S2. The van der Waals surface area contributed by atoms with Crippen LogP contribution in [-0.2, 0) is 17.7 Å². The molecule has 2 aromatic rings. The smallest absolute Gasteiger partial charge is 0.350 e. The summed E-state index contributed by atoms with van der Waals surface area (Å²) >= 11 is 3.04. The van der Waals surface area contributed by atoms with Gasteiger partial charge in [-0.3, -0.25) is 4.99 Å². The van der Waals surface area contributed by atoms with Gasteiger partial charge in [-0.25, -0.2) is 14.8 Å². The molecule has 150 valence electrons. The molecule has 0 aliphatic heterocycles. The average Bonchev–Trinajstić information content (AvgIpc) is 3.25. The van der Waals surface area contributed by atoms with Gasteiger partial charge in [-0.1, -0.05) is 6.92 Å². The predicted octanol–water partition coefficient (Wildman–Crippen LogP) is 3.69. The highest BCUT2D eigenvalue weighted by atomic mass is 127. The van der Waals surface area contributed by atoms with Crippen molar-refractivity contribution in [2.45, 2.75) is 46.7 Å². The summed E-state index contributed by atoms with van der Waals surface area (Å²) in [7, 11) is 1.72. The lowest BCUT2D eigenvalue weighted by molar-refractivity contribution is 0.0531. The van der Waals surface area contributed by atoms with Gasteiger partial charge in [0.2, 0.25) is 0 Å². The van der Waals surface area contributed by atoms with Crippen molar-refractivity contribution in [2.75, 3.05) is 13.7 Å². The van der Waals surface area contributed by atoms with E-state index in [0.717, 1.165) is 16.4 Å². The molecule has 0 bridgehead atoms. The van der Waals surface area contributed by atoms with E-state index in [4.69, 9.17) is 4.74 Å². The van der Waals surface area contributed by atoms with E-state index in [1.54, 1.807) is 25.3 Å². The monoisotopic (exact) mass is 523 g/mol. The minimum absolute atomic E-state index is 0. The molecule has 0 saturated heterocycles. The lowest BCUT2D eigenvalue weighted by Gasteiger charge is -2.15. The Hall–Kier alpha value is -1.27. The minimum Gasteiger partial charge on any atom is -0.462 e. The highest BCUT2D eigenvalue weighted by Crippen LogP contribution is 2.24. The minimum atomic E-state index is -0.320. The molecule has 0 spiro atoms. The van der Waals surface area contributed by atoms with Crippen LogP contribution in [-0.4, -0.2) is 35.6 Å². The number of aliphatic imine (C=N–C) groups is 1. The summed E-state index contributed by atoms with van der Waals surface area (Å²) in [6, 6.07) is -0.0874. The molecule has 1 atom stereocenters. The Morgan fingerprint density at radius 2 is 2.11 bits per heavy atom. The standard InChI is InChI=1S/C17H25N5O2S2.HI/c1-6-12-8-19-13(25-12)9-20-17(18-5)22-11(4)15-21-10(3)14(26-15)16(23)24-7-2;/h8,11H,6-7,9H2,1-5H3,(H2,18,20,22);1H. The number of thiazole rings is 2. The molecule has 10 heteroatoms. The van der Waals surface area contributed by atoms with Crippen molar-refractivity contribution >= 4 is 58.6 Å². The molecule has 7 nitrogen and oxygen atoms in total. The van der Waals surface area contributed by atoms with Gasteiger partial charge in [0.15, 0.2) is 5.96 Å². The van der Waals surface area contributed by atoms with Crippen LogP contribution in [0.2, 0.25) is 0 Å². The zero-order valence-electron chi connectivity index (χ0n) is 16.2. The lowest BCUT2D eigenvalue weighted by Crippen LogP contribution is -2.38. The number of nitrogens with zero attached hydrogens (tertiary/aromatic N) is 3. The zero-order chi connectivity index (χ0) is 19.1. The average molecular weight is 523 g/mol. The summed E-state index contributed by atoms with van der Waals surface area (Å²) in [5, 5.41) is 8.39. The van der Waals surface area contributed by atoms with Crippen LogP contribution in [0.1, 0.15) is 57.1 Å². The van der Waals surface area contributed by atoms with Gasteiger partial charge in [-0.2, -0.15) is 0 Å². The maximum absolute atomic E-state index is 12.0. The largest absolute Gasteiger partial charge is 0.462 e. The Kier molecular flexibility index (Phi) is 10.2. The molecule has 0 fully saturated rings. The van der Waals surface area contributed by atoms with Gasteiger partial charge in [0.1, 0.15) is 14.9 Å². The Balaban J connectivity index is 0.00000364. The number of esters is 1. The van der Waals surface area contributed by atoms with Crippen LogP contribution in [0.5, 0.6) is 0 Å². The van der Waals surface area contributed by atoms with Crippen molar-refractivity contribution in [3.05, 3.63) is 31.7 Å². The predicted molar refractivity (Wildman–Crippen MR) is 121 cm³/mol. The number of guanidine groups is 1. The van der Waals surface area contributed by atoms with Gasteiger partial charge in [-0.05, 0) is 27.2 Å². The summed E-state index contributed by atoms with van der Waals surface area (Å²) in [4.78, 5) is 26.9. The van der Waals surface area contributed by atoms with Gasteiger partial charge in [0, 0.05) is 18.1 Å². The maximum Gasteiger partial charge on any atom is 0.350 e. The van der Waals surface area contributed by atoms with Gasteiger partial charge < -0.3 is 15.4 Å². The van der Waals surface area contributed by atoms with Crippen LogP contribution in [0.3, 0.4) is 0 Å². The quantitative estimate of drug-likeness (QED) is 0.249. The Morgan fingerprint density at radius 1 is 1.37 bits per heavy atom. The summed E-state index contributed by atoms with van der Waals surface area (Å²) < 4.78 is 5.07. The molecule has 0 radical (unpaired) electrons. The van der Waals surface area contributed by atoms with Crippen LogP contribution >= 0.6 is 46.7 Å². The van der Waals surface area contributed by atoms with Crippen molar-refractivity contribution in [2.24, 2.45) is 4.99 Å². The Bertz CT molecular complexity index is 775.